The van der Waals surface area contributed by atoms with Crippen LogP contribution in [0.2, 0.25) is 0 Å². The number of nitrogens with zero attached hydrogens (tertiary/aromatic N) is 1. The second kappa shape index (κ2) is 7.55. The van der Waals surface area contributed by atoms with E-state index in [1.165, 1.54) is 22.3 Å². The Morgan fingerprint density at radius 2 is 1.34 bits per heavy atom. The van der Waals surface area contributed by atoms with E-state index in [0.29, 0.717) is 16.6 Å². The van der Waals surface area contributed by atoms with Gasteiger partial charge in [0, 0.05) is 11.1 Å². The maximum absolute atomic E-state index is 12.9. The zero-order chi connectivity index (χ0) is 23.3. The molecule has 1 heterocycles. The summed E-state index contributed by atoms with van der Waals surface area (Å²) in [5.41, 5.74) is 3.35. The Bertz CT molecular complexity index is 1290. The van der Waals surface area contributed by atoms with Crippen molar-refractivity contribution >= 4 is 16.9 Å². The van der Waals surface area contributed by atoms with Gasteiger partial charge in [0.25, 0.3) is 0 Å². The second-order valence-corrected chi connectivity index (χ2v) is 8.82. The quantitative estimate of drug-likeness (QED) is 0.365. The number of fused-ring (bicyclic) bond motifs is 1. The van der Waals surface area contributed by atoms with Gasteiger partial charge in [0.15, 0.2) is 0 Å². The van der Waals surface area contributed by atoms with Crippen LogP contribution in [0, 0.1) is 0 Å². The third kappa shape index (κ3) is 4.00. The minimum atomic E-state index is -4.45. The number of hydrogen-bond acceptors (Lipinski definition) is 1. The minimum absolute atomic E-state index is 0.0139. The Morgan fingerprint density at radius 3 is 1.88 bits per heavy atom. The number of alkyl halides is 3. The first-order chi connectivity index (χ1) is 14.9. The van der Waals surface area contributed by atoms with Gasteiger partial charge in [0.2, 0.25) is 0 Å². The molecule has 0 saturated heterocycles. The summed E-state index contributed by atoms with van der Waals surface area (Å²) >= 11 is 0. The molecule has 1 N–H and O–H groups in total. The summed E-state index contributed by atoms with van der Waals surface area (Å²) in [5.74, 6) is -1.16. The monoisotopic (exact) mass is 437 g/mol. The average molecular weight is 437 g/mol. The fraction of sp³-hybridized carbons (Fsp3) is 0.192. The second-order valence-electron chi connectivity index (χ2n) is 8.82. The van der Waals surface area contributed by atoms with Crippen LogP contribution in [0.4, 0.5) is 13.2 Å². The molecule has 0 aliphatic carbocycles. The Kier molecular flexibility index (Phi) is 5.12. The van der Waals surface area contributed by atoms with Crippen LogP contribution in [0.1, 0.15) is 42.4 Å². The number of carboxylic acid groups (broad SMARTS) is 1. The smallest absolute Gasteiger partial charge is 0.416 e. The highest BCUT2D eigenvalue weighted by molar-refractivity contribution is 5.97. The van der Waals surface area contributed by atoms with Gasteiger partial charge in [-0.3, -0.25) is 0 Å². The number of benzene rings is 3. The lowest BCUT2D eigenvalue weighted by Crippen LogP contribution is -2.10. The largest absolute Gasteiger partial charge is 0.477 e. The third-order valence-corrected chi connectivity index (χ3v) is 5.56. The van der Waals surface area contributed by atoms with Crippen LogP contribution in [-0.4, -0.2) is 15.6 Å². The van der Waals surface area contributed by atoms with E-state index in [4.69, 9.17) is 0 Å². The molecular weight excluding hydrogens is 415 g/mol. The van der Waals surface area contributed by atoms with E-state index >= 15 is 0 Å². The maximum Gasteiger partial charge on any atom is 0.416 e. The molecule has 0 saturated carbocycles. The van der Waals surface area contributed by atoms with E-state index in [1.807, 2.05) is 24.3 Å². The number of halogens is 3. The molecule has 0 spiro atoms. The van der Waals surface area contributed by atoms with Crippen LogP contribution in [0.5, 0.6) is 0 Å². The third-order valence-electron chi connectivity index (χ3n) is 5.56. The summed E-state index contributed by atoms with van der Waals surface area (Å²) in [4.78, 5) is 11.9. The van der Waals surface area contributed by atoms with Gasteiger partial charge in [-0.05, 0) is 64.6 Å². The van der Waals surface area contributed by atoms with Crippen molar-refractivity contribution < 1.29 is 23.1 Å². The molecule has 4 rings (SSSR count). The summed E-state index contributed by atoms with van der Waals surface area (Å²) in [6.07, 6.45) is -4.45. The van der Waals surface area contributed by atoms with Gasteiger partial charge in [0.05, 0.1) is 11.1 Å². The summed E-state index contributed by atoms with van der Waals surface area (Å²) in [6.45, 7) is 6.43. The molecule has 3 aromatic carbocycles. The van der Waals surface area contributed by atoms with Crippen molar-refractivity contribution in [2.24, 2.45) is 0 Å². The van der Waals surface area contributed by atoms with Gasteiger partial charge >= 0.3 is 12.1 Å². The van der Waals surface area contributed by atoms with Gasteiger partial charge in [-0.2, -0.15) is 13.2 Å². The first-order valence-corrected chi connectivity index (χ1v) is 10.1. The molecule has 0 aliphatic rings. The number of rotatable bonds is 3. The molecule has 0 aliphatic heterocycles. The maximum atomic E-state index is 12.9. The topological polar surface area (TPSA) is 42.2 Å². The summed E-state index contributed by atoms with van der Waals surface area (Å²) in [7, 11) is 0. The zero-order valence-corrected chi connectivity index (χ0v) is 17.9. The van der Waals surface area contributed by atoms with Crippen LogP contribution in [0.15, 0.2) is 72.8 Å². The number of hydrogen-bond donors (Lipinski definition) is 1. The number of carboxylic acids is 1. The molecular formula is C26H22F3NO2. The number of aromatic nitrogens is 1. The van der Waals surface area contributed by atoms with Gasteiger partial charge in [-0.15, -0.1) is 0 Å². The average Bonchev–Trinajstić information content (AvgIpc) is 3.12. The van der Waals surface area contributed by atoms with Gasteiger partial charge < -0.3 is 9.67 Å². The van der Waals surface area contributed by atoms with Crippen molar-refractivity contribution in [1.29, 1.82) is 0 Å². The molecule has 0 fully saturated rings. The number of carbonyl (C=O) groups is 1. The highest BCUT2D eigenvalue weighted by Crippen LogP contribution is 2.33. The van der Waals surface area contributed by atoms with Crippen LogP contribution in [0.3, 0.4) is 0 Å². The molecule has 0 atom stereocenters. The molecule has 0 unspecified atom stereocenters. The molecule has 1 aromatic heterocycles. The van der Waals surface area contributed by atoms with Crippen molar-refractivity contribution in [1.82, 2.24) is 4.57 Å². The molecule has 0 amide bonds. The van der Waals surface area contributed by atoms with E-state index in [0.717, 1.165) is 23.3 Å². The molecule has 0 radical (unpaired) electrons. The molecule has 3 nitrogen and oxygen atoms in total. The Hall–Kier alpha value is -3.54. The normalized spacial score (nSPS) is 12.3. The SMILES string of the molecule is CC(C)(C)c1ccc(-c2ccc3c(c2)cc(C(=O)O)n3-c2ccc(C(F)(F)F)cc2)cc1. The Labute approximate surface area is 183 Å². The van der Waals surface area contributed by atoms with Crippen LogP contribution >= 0.6 is 0 Å². The van der Waals surface area contributed by atoms with E-state index < -0.39 is 17.7 Å². The van der Waals surface area contributed by atoms with E-state index in [2.05, 4.69) is 32.9 Å². The van der Waals surface area contributed by atoms with Crippen molar-refractivity contribution in [3.63, 3.8) is 0 Å². The standard InChI is InChI=1S/C26H22F3NO2/c1-25(2,3)19-7-4-16(5-8-19)17-6-13-22-18(14-17)15-23(24(31)32)30(22)21-11-9-20(10-12-21)26(27,28)29/h4-15H,1-3H3,(H,31,32). The van der Waals surface area contributed by atoms with E-state index in [1.54, 1.807) is 12.1 Å². The van der Waals surface area contributed by atoms with Crippen molar-refractivity contribution in [3.8, 4) is 16.8 Å². The lowest BCUT2D eigenvalue weighted by molar-refractivity contribution is -0.137. The summed E-state index contributed by atoms with van der Waals surface area (Å²) in [6, 6.07) is 19.8. The van der Waals surface area contributed by atoms with Crippen molar-refractivity contribution in [3.05, 3.63) is 89.6 Å². The van der Waals surface area contributed by atoms with Gasteiger partial charge in [-0.25, -0.2) is 4.79 Å². The molecule has 164 valence electrons. The zero-order valence-electron chi connectivity index (χ0n) is 17.9. The first-order valence-electron chi connectivity index (χ1n) is 10.1. The van der Waals surface area contributed by atoms with Crippen molar-refractivity contribution in [2.45, 2.75) is 32.4 Å². The fourth-order valence-electron chi connectivity index (χ4n) is 3.79. The molecule has 4 aromatic rings. The Balaban J connectivity index is 1.80. The van der Waals surface area contributed by atoms with E-state index in [-0.39, 0.29) is 11.1 Å². The van der Waals surface area contributed by atoms with E-state index in [9.17, 15) is 23.1 Å². The molecule has 32 heavy (non-hydrogen) atoms. The minimum Gasteiger partial charge on any atom is -0.477 e. The van der Waals surface area contributed by atoms with Crippen molar-refractivity contribution in [2.75, 3.05) is 0 Å². The lowest BCUT2D eigenvalue weighted by Gasteiger charge is -2.19. The molecule has 6 heteroatoms. The Morgan fingerprint density at radius 1 is 0.781 bits per heavy atom. The first kappa shape index (κ1) is 21.7. The van der Waals surface area contributed by atoms with Gasteiger partial charge in [0.1, 0.15) is 5.69 Å². The predicted molar refractivity (Wildman–Crippen MR) is 119 cm³/mol. The highest BCUT2D eigenvalue weighted by Gasteiger charge is 2.30. The summed E-state index contributed by atoms with van der Waals surface area (Å²) in [5, 5.41) is 10.4. The predicted octanol–water partition coefficient (Wildman–Crippen LogP) is 7.31. The van der Waals surface area contributed by atoms with Crippen LogP contribution < -0.4 is 0 Å². The number of aromatic carboxylic acids is 1. The van der Waals surface area contributed by atoms with Crippen LogP contribution in [0.25, 0.3) is 27.7 Å². The lowest BCUT2D eigenvalue weighted by atomic mass is 9.86. The highest BCUT2D eigenvalue weighted by atomic mass is 19.4. The van der Waals surface area contributed by atoms with Gasteiger partial charge in [-0.1, -0.05) is 51.1 Å². The fourth-order valence-corrected chi connectivity index (χ4v) is 3.79. The van der Waals surface area contributed by atoms with Crippen LogP contribution in [-0.2, 0) is 11.6 Å². The summed E-state index contributed by atoms with van der Waals surface area (Å²) < 4.78 is 40.2. The molecule has 0 bridgehead atoms.